The fourth-order valence-electron chi connectivity index (χ4n) is 2.46. The molecule has 1 aliphatic rings. The number of aliphatic hydroxyl groups excluding tert-OH is 2. The van der Waals surface area contributed by atoms with Gasteiger partial charge >= 0.3 is 0 Å². The first kappa shape index (κ1) is 22.9. The molecule has 28 heavy (non-hydrogen) atoms. The van der Waals surface area contributed by atoms with Crippen LogP contribution in [-0.4, -0.2) is 47.2 Å². The summed E-state index contributed by atoms with van der Waals surface area (Å²) in [5.41, 5.74) is 0.916. The van der Waals surface area contributed by atoms with E-state index in [-0.39, 0.29) is 35.5 Å². The zero-order chi connectivity index (χ0) is 21.1. The molecule has 8 nitrogen and oxygen atoms in total. The Hall–Kier alpha value is -3.13. The van der Waals surface area contributed by atoms with Crippen molar-refractivity contribution in [3.8, 4) is 11.5 Å². The van der Waals surface area contributed by atoms with Crippen molar-refractivity contribution in [3.63, 3.8) is 0 Å². The van der Waals surface area contributed by atoms with Crippen molar-refractivity contribution >= 4 is 5.97 Å². The molecule has 0 heterocycles. The Morgan fingerprint density at radius 1 is 1.21 bits per heavy atom. The molecule has 0 bridgehead atoms. The van der Waals surface area contributed by atoms with E-state index in [2.05, 4.69) is 0 Å². The highest BCUT2D eigenvalue weighted by Gasteiger charge is 2.21. The third-order valence-corrected chi connectivity index (χ3v) is 3.89. The molecule has 1 aromatic carbocycles. The van der Waals surface area contributed by atoms with E-state index < -0.39 is 5.97 Å². The first-order chi connectivity index (χ1) is 13.3. The average Bonchev–Trinajstić information content (AvgIpc) is 2.68. The molecule has 0 radical (unpaired) electrons. The van der Waals surface area contributed by atoms with E-state index in [1.54, 1.807) is 12.1 Å². The first-order valence-electron chi connectivity index (χ1n) is 8.55. The van der Waals surface area contributed by atoms with Crippen LogP contribution in [0.4, 0.5) is 0 Å². The summed E-state index contributed by atoms with van der Waals surface area (Å²) in [4.78, 5) is 10.3. The second kappa shape index (κ2) is 11.6. The predicted molar refractivity (Wildman–Crippen MR) is 99.2 cm³/mol. The van der Waals surface area contributed by atoms with E-state index in [0.717, 1.165) is 11.6 Å². The van der Waals surface area contributed by atoms with Crippen molar-refractivity contribution in [3.05, 3.63) is 59.3 Å². The van der Waals surface area contributed by atoms with Crippen LogP contribution in [0.3, 0.4) is 0 Å². The van der Waals surface area contributed by atoms with Gasteiger partial charge in [-0.25, -0.2) is 0 Å². The number of aliphatic hydroxyl groups is 2. The smallest absolute Gasteiger partial charge is 0.196 e. The first-order valence-corrected chi connectivity index (χ1v) is 8.55. The topological polar surface area (TPSA) is 140 Å². The van der Waals surface area contributed by atoms with E-state index in [1.807, 2.05) is 0 Å². The molecule has 0 saturated heterocycles. The van der Waals surface area contributed by atoms with Gasteiger partial charge in [0.2, 0.25) is 0 Å². The van der Waals surface area contributed by atoms with Crippen molar-refractivity contribution in [1.29, 1.82) is 0 Å². The number of hydrogen-bond donors (Lipinski definition) is 4. The van der Waals surface area contributed by atoms with Gasteiger partial charge in [0.15, 0.2) is 23.0 Å². The van der Waals surface area contributed by atoms with Crippen LogP contribution in [0, 0.1) is 5.92 Å². The number of carbonyl (C=O) groups is 1. The number of methoxy groups -OCH3 is 2. The highest BCUT2D eigenvalue weighted by atomic mass is 16.5. The van der Waals surface area contributed by atoms with Crippen LogP contribution in [0.2, 0.25) is 0 Å². The van der Waals surface area contributed by atoms with Gasteiger partial charge in [-0.1, -0.05) is 12.1 Å². The largest absolute Gasteiger partial charge is 0.545 e. The van der Waals surface area contributed by atoms with Gasteiger partial charge in [0.05, 0.1) is 20.2 Å². The molecule has 4 N–H and O–H groups in total. The lowest BCUT2D eigenvalue weighted by molar-refractivity contribution is -0.297. The Morgan fingerprint density at radius 3 is 2.46 bits per heavy atom. The molecule has 8 heteroatoms. The van der Waals surface area contributed by atoms with Gasteiger partial charge in [0.1, 0.15) is 5.76 Å². The van der Waals surface area contributed by atoms with Gasteiger partial charge in [-0.2, -0.15) is 0 Å². The molecular formula is C20H25O8-. The molecule has 1 unspecified atom stereocenters. The van der Waals surface area contributed by atoms with Gasteiger partial charge in [-0.15, -0.1) is 0 Å². The summed E-state index contributed by atoms with van der Waals surface area (Å²) in [7, 11) is 2.85. The number of ether oxygens (including phenoxy) is 2. The van der Waals surface area contributed by atoms with Gasteiger partial charge in [0.25, 0.3) is 0 Å². The number of aryl methyl sites for hydroxylation is 1. The Morgan fingerprint density at radius 2 is 1.93 bits per heavy atom. The number of carbonyl (C=O) groups excluding carboxylic acids is 1. The van der Waals surface area contributed by atoms with Gasteiger partial charge in [0, 0.05) is 18.9 Å². The number of aliphatic carboxylic acids is 1. The molecule has 0 fully saturated rings. The maximum atomic E-state index is 10.3. The Balaban J connectivity index is 0.000000292. The summed E-state index contributed by atoms with van der Waals surface area (Å²) < 4.78 is 9.93. The Bertz CT molecular complexity index is 749. The molecule has 0 amide bonds. The standard InChI is InChI=1S/C11H14O5.C9H12O3/c1-15-8-5-7(3-4-10(12)13)6-9(16-2)11(8)14;10-5-1-2-7-3-4-8(11)9(12)6-7/h3-5,7,14H,6H2,1-2H3,(H,12,13);3-4,6,10-12H,1-2,5H2/p-1/b4-3+;. The van der Waals surface area contributed by atoms with E-state index in [0.29, 0.717) is 25.0 Å². The molecular weight excluding hydrogens is 368 g/mol. The Kier molecular flexibility index (Phi) is 9.45. The molecule has 2 rings (SSSR count). The summed E-state index contributed by atoms with van der Waals surface area (Å²) in [6.45, 7) is 0.141. The number of benzene rings is 1. The third-order valence-electron chi connectivity index (χ3n) is 3.89. The summed E-state index contributed by atoms with van der Waals surface area (Å²) in [5.74, 6) is -1.08. The number of aromatic hydroxyl groups is 2. The maximum absolute atomic E-state index is 10.3. The predicted octanol–water partition coefficient (Wildman–Crippen LogP) is 1.28. The van der Waals surface area contributed by atoms with Crippen molar-refractivity contribution in [2.24, 2.45) is 5.92 Å². The fraction of sp³-hybridized carbons (Fsp3) is 0.350. The molecule has 0 aliphatic heterocycles. The minimum absolute atomic E-state index is 0.0527. The normalized spacial score (nSPS) is 16.2. The lowest BCUT2D eigenvalue weighted by atomic mass is 9.97. The molecule has 1 aliphatic carbocycles. The van der Waals surface area contributed by atoms with Crippen LogP contribution in [0.5, 0.6) is 11.5 Å². The van der Waals surface area contributed by atoms with Crippen LogP contribution in [0.25, 0.3) is 0 Å². The number of carboxylic acid groups (broad SMARTS) is 1. The molecule has 0 aromatic heterocycles. The molecule has 0 spiro atoms. The van der Waals surface area contributed by atoms with Crippen molar-refractivity contribution in [2.75, 3.05) is 20.8 Å². The summed E-state index contributed by atoms with van der Waals surface area (Å²) in [5, 5.41) is 46.5. The lowest BCUT2D eigenvalue weighted by Crippen LogP contribution is -2.19. The maximum Gasteiger partial charge on any atom is 0.196 e. The van der Waals surface area contributed by atoms with Crippen molar-refractivity contribution < 1.29 is 39.8 Å². The lowest BCUT2D eigenvalue weighted by Gasteiger charge is -2.20. The molecule has 1 aromatic rings. The number of hydrogen-bond acceptors (Lipinski definition) is 8. The molecule has 0 saturated carbocycles. The van der Waals surface area contributed by atoms with E-state index >= 15 is 0 Å². The number of rotatable bonds is 7. The minimum Gasteiger partial charge on any atom is -0.545 e. The summed E-state index contributed by atoms with van der Waals surface area (Å²) in [6, 6.07) is 4.68. The fourth-order valence-corrected chi connectivity index (χ4v) is 2.46. The third kappa shape index (κ3) is 7.24. The zero-order valence-corrected chi connectivity index (χ0v) is 15.8. The molecule has 1 atom stereocenters. The Labute approximate surface area is 163 Å². The van der Waals surface area contributed by atoms with E-state index in [4.69, 9.17) is 24.8 Å². The van der Waals surface area contributed by atoms with Crippen LogP contribution in [0.15, 0.2) is 53.7 Å². The second-order valence-electron chi connectivity index (χ2n) is 5.91. The van der Waals surface area contributed by atoms with Crippen LogP contribution < -0.4 is 5.11 Å². The van der Waals surface area contributed by atoms with Crippen molar-refractivity contribution in [1.82, 2.24) is 0 Å². The number of carboxylic acids is 1. The van der Waals surface area contributed by atoms with Crippen LogP contribution in [0.1, 0.15) is 18.4 Å². The molecule has 154 valence electrons. The minimum atomic E-state index is -1.26. The quantitative estimate of drug-likeness (QED) is 0.401. The monoisotopic (exact) mass is 393 g/mol. The number of allylic oxidation sites excluding steroid dienone is 3. The number of phenols is 2. The summed E-state index contributed by atoms with van der Waals surface area (Å²) >= 11 is 0. The van der Waals surface area contributed by atoms with Gasteiger partial charge in [-0.05, 0) is 42.7 Å². The van der Waals surface area contributed by atoms with Gasteiger partial charge in [-0.3, -0.25) is 0 Å². The van der Waals surface area contributed by atoms with Crippen LogP contribution >= 0.6 is 0 Å². The summed E-state index contributed by atoms with van der Waals surface area (Å²) in [6.07, 6.45) is 5.80. The van der Waals surface area contributed by atoms with E-state index in [1.165, 1.54) is 32.4 Å². The average molecular weight is 393 g/mol. The second-order valence-corrected chi connectivity index (χ2v) is 5.91. The number of phenolic OH excluding ortho intramolecular Hbond substituents is 2. The highest BCUT2D eigenvalue weighted by molar-refractivity contribution is 5.77. The van der Waals surface area contributed by atoms with Crippen molar-refractivity contribution in [2.45, 2.75) is 19.3 Å². The zero-order valence-electron chi connectivity index (χ0n) is 15.8. The SMILES string of the molecule is COC1=CC(/C=C/C(=O)[O-])CC(OC)=C1O.OCCCc1ccc(O)c(O)c1. The highest BCUT2D eigenvalue weighted by Crippen LogP contribution is 2.29. The van der Waals surface area contributed by atoms with E-state index in [9.17, 15) is 15.0 Å². The van der Waals surface area contributed by atoms with Crippen LogP contribution in [-0.2, 0) is 20.7 Å². The van der Waals surface area contributed by atoms with Gasteiger partial charge < -0.3 is 39.8 Å².